The van der Waals surface area contributed by atoms with Crippen molar-refractivity contribution < 1.29 is 33.3 Å². The standard InChI is InChI=1S/C24H27N5O3.C23H25N5O4/c1-2-3-4-6-17-9-11-18(12-10-17)13-14-23(30)25-20-7-5-8-21-24(20)32-19(16-31-21)15-22-26-28-29-27-22;1-2-3-4-14-30-17-11-8-16(9-12-17)10-13-21(29)24-18-6-5-7-19-22(18)32-20(15-31-19)23-25-27-28-26-23/h5,7-14,19H,2-4,6,15-16H2,1H3,(H,25,30)(H,26,27,28,29);5-13,20H,2-4,14-15H2,1H3,(H,24,29)(H,25,26,27,28). The second kappa shape index (κ2) is 23.0. The Labute approximate surface area is 371 Å². The van der Waals surface area contributed by atoms with Gasteiger partial charge in [-0.2, -0.15) is 10.4 Å². The number of unbranched alkanes of at least 4 members (excludes halogenated alkanes) is 4. The Bertz CT molecular complexity index is 2440. The van der Waals surface area contributed by atoms with E-state index in [0.29, 0.717) is 65.7 Å². The van der Waals surface area contributed by atoms with Crippen LogP contribution in [0.4, 0.5) is 11.4 Å². The molecule has 2 aliphatic heterocycles. The summed E-state index contributed by atoms with van der Waals surface area (Å²) in [5.74, 6) is 3.29. The maximum Gasteiger partial charge on any atom is 0.248 e. The van der Waals surface area contributed by atoms with Crippen molar-refractivity contribution >= 4 is 35.3 Å². The summed E-state index contributed by atoms with van der Waals surface area (Å²) in [6, 6.07) is 26.7. The molecule has 332 valence electrons. The van der Waals surface area contributed by atoms with Crippen LogP contribution in [0.3, 0.4) is 0 Å². The quantitative estimate of drug-likeness (QED) is 0.0478. The van der Waals surface area contributed by atoms with E-state index in [1.54, 1.807) is 36.4 Å². The number of para-hydroxylation sites is 2. The maximum atomic E-state index is 12.5. The van der Waals surface area contributed by atoms with Crippen LogP contribution in [0.25, 0.3) is 12.2 Å². The van der Waals surface area contributed by atoms with Crippen LogP contribution in [0.15, 0.2) is 97.1 Å². The number of aryl methyl sites for hydroxylation is 1. The van der Waals surface area contributed by atoms with E-state index in [-0.39, 0.29) is 24.5 Å². The smallest absolute Gasteiger partial charge is 0.248 e. The Balaban J connectivity index is 0.000000191. The Morgan fingerprint density at radius 1 is 0.703 bits per heavy atom. The van der Waals surface area contributed by atoms with Crippen LogP contribution in [-0.4, -0.2) is 79.0 Å². The number of rotatable bonds is 18. The van der Waals surface area contributed by atoms with E-state index < -0.39 is 6.10 Å². The highest BCUT2D eigenvalue weighted by molar-refractivity contribution is 6.03. The molecule has 0 spiro atoms. The minimum absolute atomic E-state index is 0.241. The van der Waals surface area contributed by atoms with Crippen LogP contribution in [0, 0.1) is 0 Å². The highest BCUT2D eigenvalue weighted by Crippen LogP contribution is 2.42. The second-order valence-corrected chi connectivity index (χ2v) is 15.0. The predicted molar refractivity (Wildman–Crippen MR) is 240 cm³/mol. The van der Waals surface area contributed by atoms with Gasteiger partial charge in [-0.05, 0) is 84.5 Å². The zero-order chi connectivity index (χ0) is 44.4. The molecule has 17 heteroatoms. The molecule has 2 aliphatic rings. The Morgan fingerprint density at radius 3 is 1.94 bits per heavy atom. The molecule has 0 radical (unpaired) electrons. The molecule has 64 heavy (non-hydrogen) atoms. The Hall–Kier alpha value is -7.56. The summed E-state index contributed by atoms with van der Waals surface area (Å²) >= 11 is 0. The average molecular weight is 869 g/mol. The lowest BCUT2D eigenvalue weighted by Gasteiger charge is -2.27. The average Bonchev–Trinajstić information content (AvgIpc) is 4.06. The molecule has 4 aromatic carbocycles. The predicted octanol–water partition coefficient (Wildman–Crippen LogP) is 7.90. The highest BCUT2D eigenvalue weighted by Gasteiger charge is 2.28. The zero-order valence-electron chi connectivity index (χ0n) is 35.9. The molecule has 2 aromatic heterocycles. The molecule has 0 bridgehead atoms. The van der Waals surface area contributed by atoms with Crippen molar-refractivity contribution in [3.8, 4) is 28.7 Å². The van der Waals surface area contributed by atoms with Crippen LogP contribution < -0.4 is 34.3 Å². The summed E-state index contributed by atoms with van der Waals surface area (Å²) in [5, 5.41) is 33.4. The van der Waals surface area contributed by atoms with Gasteiger partial charge in [0.25, 0.3) is 0 Å². The molecule has 0 saturated heterocycles. The number of hydrogen-bond donors (Lipinski definition) is 4. The van der Waals surface area contributed by atoms with Gasteiger partial charge in [-0.1, -0.05) is 98.5 Å². The third kappa shape index (κ3) is 13.0. The maximum absolute atomic E-state index is 12.5. The molecular formula is C47H52N10O7. The molecule has 0 fully saturated rings. The van der Waals surface area contributed by atoms with Gasteiger partial charge >= 0.3 is 0 Å². The Kier molecular flexibility index (Phi) is 16.0. The van der Waals surface area contributed by atoms with Crippen molar-refractivity contribution in [1.29, 1.82) is 0 Å². The van der Waals surface area contributed by atoms with Crippen LogP contribution in [-0.2, 0) is 22.4 Å². The number of fused-ring (bicyclic) bond motifs is 2. The number of aromatic nitrogens is 8. The van der Waals surface area contributed by atoms with Crippen molar-refractivity contribution in [1.82, 2.24) is 41.2 Å². The number of benzene rings is 4. The van der Waals surface area contributed by atoms with Gasteiger partial charge in [0.15, 0.2) is 34.9 Å². The number of ether oxygens (including phenoxy) is 5. The lowest BCUT2D eigenvalue weighted by atomic mass is 10.1. The van der Waals surface area contributed by atoms with Crippen LogP contribution in [0.1, 0.15) is 86.8 Å². The summed E-state index contributed by atoms with van der Waals surface area (Å²) in [5.41, 5.74) is 4.26. The minimum atomic E-state index is -0.516. The van der Waals surface area contributed by atoms with Gasteiger partial charge in [-0.15, -0.1) is 20.4 Å². The zero-order valence-corrected chi connectivity index (χ0v) is 35.9. The van der Waals surface area contributed by atoms with Crippen molar-refractivity contribution in [3.05, 3.63) is 125 Å². The monoisotopic (exact) mass is 868 g/mol. The topological polar surface area (TPSA) is 213 Å². The van der Waals surface area contributed by atoms with E-state index in [1.165, 1.54) is 43.4 Å². The van der Waals surface area contributed by atoms with Crippen molar-refractivity contribution in [2.45, 2.75) is 77.4 Å². The van der Waals surface area contributed by atoms with E-state index in [9.17, 15) is 9.59 Å². The Morgan fingerprint density at radius 2 is 1.31 bits per heavy atom. The van der Waals surface area contributed by atoms with Crippen LogP contribution >= 0.6 is 0 Å². The van der Waals surface area contributed by atoms with E-state index in [1.807, 2.05) is 48.5 Å². The van der Waals surface area contributed by atoms with E-state index in [2.05, 4.69) is 77.9 Å². The van der Waals surface area contributed by atoms with Gasteiger partial charge in [0.1, 0.15) is 25.1 Å². The molecule has 6 aromatic rings. The lowest BCUT2D eigenvalue weighted by molar-refractivity contribution is -0.112. The first kappa shape index (κ1) is 44.5. The summed E-state index contributed by atoms with van der Waals surface area (Å²) in [7, 11) is 0. The summed E-state index contributed by atoms with van der Waals surface area (Å²) < 4.78 is 29.3. The number of carbonyl (C=O) groups excluding carboxylic acids is 2. The molecular weight excluding hydrogens is 817 g/mol. The normalized spacial score (nSPS) is 15.0. The van der Waals surface area contributed by atoms with E-state index >= 15 is 0 Å². The molecule has 0 saturated carbocycles. The van der Waals surface area contributed by atoms with Crippen LogP contribution in [0.2, 0.25) is 0 Å². The van der Waals surface area contributed by atoms with Gasteiger partial charge < -0.3 is 34.3 Å². The molecule has 17 nitrogen and oxygen atoms in total. The number of nitrogens with zero attached hydrogens (tertiary/aromatic N) is 6. The fraction of sp³-hybridized carbons (Fsp3) is 0.319. The summed E-state index contributed by atoms with van der Waals surface area (Å²) in [6.45, 7) is 5.71. The van der Waals surface area contributed by atoms with Gasteiger partial charge in [-0.3, -0.25) is 9.59 Å². The van der Waals surface area contributed by atoms with Gasteiger partial charge in [0, 0.05) is 12.2 Å². The van der Waals surface area contributed by atoms with E-state index in [0.717, 1.165) is 36.1 Å². The first-order valence-electron chi connectivity index (χ1n) is 21.5. The van der Waals surface area contributed by atoms with Crippen molar-refractivity contribution in [2.24, 2.45) is 0 Å². The molecule has 4 N–H and O–H groups in total. The summed E-state index contributed by atoms with van der Waals surface area (Å²) in [6.07, 6.45) is 14.3. The fourth-order valence-corrected chi connectivity index (χ4v) is 6.71. The van der Waals surface area contributed by atoms with Crippen LogP contribution in [0.5, 0.6) is 28.7 Å². The SMILES string of the molecule is CCCCCOc1ccc(C=CC(=O)Nc2cccc3c2OC(c2nn[nH]n2)CO3)cc1.CCCCCc1ccc(C=CC(=O)Nc2cccc3c2OC(Cc2nn[nH]n2)CO3)cc1. The molecule has 4 heterocycles. The summed E-state index contributed by atoms with van der Waals surface area (Å²) in [4.78, 5) is 25.0. The third-order valence-electron chi connectivity index (χ3n) is 10.1. The molecule has 2 atom stereocenters. The molecule has 2 unspecified atom stereocenters. The number of carbonyl (C=O) groups is 2. The molecule has 8 rings (SSSR count). The largest absolute Gasteiger partial charge is 0.494 e. The number of H-pyrrole nitrogens is 2. The second-order valence-electron chi connectivity index (χ2n) is 15.0. The number of tetrazole rings is 2. The van der Waals surface area contributed by atoms with E-state index in [4.69, 9.17) is 23.7 Å². The third-order valence-corrected chi connectivity index (χ3v) is 10.1. The lowest BCUT2D eigenvalue weighted by Crippen LogP contribution is -2.32. The van der Waals surface area contributed by atoms with Gasteiger partial charge in [0.2, 0.25) is 17.6 Å². The molecule has 2 amide bonds. The minimum Gasteiger partial charge on any atom is -0.494 e. The highest BCUT2D eigenvalue weighted by atomic mass is 16.6. The van der Waals surface area contributed by atoms with Crippen molar-refractivity contribution in [3.63, 3.8) is 0 Å². The number of hydrogen-bond acceptors (Lipinski definition) is 13. The first-order valence-corrected chi connectivity index (χ1v) is 21.5. The van der Waals surface area contributed by atoms with Gasteiger partial charge in [0.05, 0.1) is 24.4 Å². The molecule has 0 aliphatic carbocycles. The number of anilines is 2. The number of aromatic amines is 2. The number of nitrogens with one attached hydrogen (secondary N) is 4. The van der Waals surface area contributed by atoms with Crippen molar-refractivity contribution in [2.75, 3.05) is 30.5 Å². The first-order chi connectivity index (χ1) is 31.4. The number of amides is 2. The fourth-order valence-electron chi connectivity index (χ4n) is 6.71. The van der Waals surface area contributed by atoms with Gasteiger partial charge in [-0.25, -0.2) is 0 Å².